The van der Waals surface area contributed by atoms with Crippen molar-refractivity contribution in [3.05, 3.63) is 48.8 Å². The van der Waals surface area contributed by atoms with Crippen molar-refractivity contribution < 1.29 is 9.53 Å². The predicted octanol–water partition coefficient (Wildman–Crippen LogP) is 3.34. The molecule has 0 spiro atoms. The molecule has 1 atom stereocenters. The predicted molar refractivity (Wildman–Crippen MR) is 110 cm³/mol. The Kier molecular flexibility index (Phi) is 6.65. The summed E-state index contributed by atoms with van der Waals surface area (Å²) in [5.41, 5.74) is 1.70. The van der Waals surface area contributed by atoms with Crippen molar-refractivity contribution in [3.8, 4) is 22.8 Å². The van der Waals surface area contributed by atoms with E-state index in [2.05, 4.69) is 20.5 Å². The van der Waals surface area contributed by atoms with Gasteiger partial charge in [0.2, 0.25) is 5.91 Å². The number of nitrogens with zero attached hydrogens (tertiary/aromatic N) is 4. The van der Waals surface area contributed by atoms with Gasteiger partial charge in [0, 0.05) is 30.1 Å². The van der Waals surface area contributed by atoms with Crippen LogP contribution in [0.4, 0.5) is 0 Å². The largest absolute Gasteiger partial charge is 0.497 e. The van der Waals surface area contributed by atoms with Gasteiger partial charge in [-0.1, -0.05) is 24.8 Å². The number of thioether (sulfide) groups is 1. The number of carbonyl (C=O) groups excluding carboxylic acids is 1. The molecule has 0 saturated carbocycles. The molecular weight excluding hydrogens is 374 g/mol. The number of ether oxygens (including phenoxy) is 1. The van der Waals surface area contributed by atoms with Crippen molar-refractivity contribution in [3.63, 3.8) is 0 Å². The zero-order valence-corrected chi connectivity index (χ0v) is 16.9. The summed E-state index contributed by atoms with van der Waals surface area (Å²) in [6.45, 7) is 4.03. The first-order chi connectivity index (χ1) is 13.6. The van der Waals surface area contributed by atoms with E-state index in [0.717, 1.165) is 23.4 Å². The molecule has 1 unspecified atom stereocenters. The Labute approximate surface area is 168 Å². The van der Waals surface area contributed by atoms with Gasteiger partial charge >= 0.3 is 0 Å². The second kappa shape index (κ2) is 9.36. The molecule has 0 saturated heterocycles. The maximum atomic E-state index is 12.2. The van der Waals surface area contributed by atoms with Crippen LogP contribution in [0, 0.1) is 0 Å². The van der Waals surface area contributed by atoms with Crippen molar-refractivity contribution in [1.29, 1.82) is 0 Å². The summed E-state index contributed by atoms with van der Waals surface area (Å²) < 4.78 is 7.27. The standard InChI is InChI=1S/C20H23N5O2S/c1-4-14(2)22-18(26)13-28-20-24-23-19(15-7-6-10-21-12-15)25(20)16-8-5-9-17(11-16)27-3/h5-12,14H,4,13H2,1-3H3,(H,22,26). The number of methoxy groups -OCH3 is 1. The number of hydrogen-bond acceptors (Lipinski definition) is 6. The average molecular weight is 398 g/mol. The van der Waals surface area contributed by atoms with Crippen LogP contribution in [0.2, 0.25) is 0 Å². The molecule has 7 nitrogen and oxygen atoms in total. The van der Waals surface area contributed by atoms with Crippen LogP contribution in [0.3, 0.4) is 0 Å². The minimum Gasteiger partial charge on any atom is -0.497 e. The van der Waals surface area contributed by atoms with Gasteiger partial charge in [0.05, 0.1) is 18.6 Å². The van der Waals surface area contributed by atoms with E-state index in [4.69, 9.17) is 4.74 Å². The van der Waals surface area contributed by atoms with Gasteiger partial charge < -0.3 is 10.1 Å². The molecule has 146 valence electrons. The molecule has 1 aromatic carbocycles. The van der Waals surface area contributed by atoms with Crippen LogP contribution >= 0.6 is 11.8 Å². The minimum atomic E-state index is -0.0255. The monoisotopic (exact) mass is 397 g/mol. The third-order valence-corrected chi connectivity index (χ3v) is 5.15. The van der Waals surface area contributed by atoms with Crippen LogP contribution in [-0.4, -0.2) is 44.6 Å². The molecule has 3 rings (SSSR count). The van der Waals surface area contributed by atoms with Crippen molar-refractivity contribution in [2.45, 2.75) is 31.5 Å². The van der Waals surface area contributed by atoms with Gasteiger partial charge in [-0.2, -0.15) is 0 Å². The molecule has 3 aromatic rings. The zero-order chi connectivity index (χ0) is 19.9. The quantitative estimate of drug-likeness (QED) is 0.587. The molecule has 0 fully saturated rings. The Balaban J connectivity index is 1.94. The zero-order valence-electron chi connectivity index (χ0n) is 16.1. The molecule has 0 radical (unpaired) electrons. The van der Waals surface area contributed by atoms with E-state index < -0.39 is 0 Å². The first-order valence-corrected chi connectivity index (χ1v) is 10.0. The van der Waals surface area contributed by atoms with Gasteiger partial charge in [-0.15, -0.1) is 10.2 Å². The Hall–Kier alpha value is -2.87. The molecule has 0 aliphatic rings. The third kappa shape index (κ3) is 4.69. The van der Waals surface area contributed by atoms with Crippen LogP contribution in [-0.2, 0) is 4.79 Å². The van der Waals surface area contributed by atoms with E-state index in [0.29, 0.717) is 11.0 Å². The van der Waals surface area contributed by atoms with E-state index in [9.17, 15) is 4.79 Å². The van der Waals surface area contributed by atoms with Crippen molar-refractivity contribution in [1.82, 2.24) is 25.1 Å². The fourth-order valence-corrected chi connectivity index (χ4v) is 3.34. The highest BCUT2D eigenvalue weighted by Gasteiger charge is 2.18. The van der Waals surface area contributed by atoms with E-state index >= 15 is 0 Å². The number of hydrogen-bond donors (Lipinski definition) is 1. The van der Waals surface area contributed by atoms with Gasteiger partial charge in [0.15, 0.2) is 11.0 Å². The summed E-state index contributed by atoms with van der Waals surface area (Å²) in [7, 11) is 1.63. The van der Waals surface area contributed by atoms with E-state index in [1.165, 1.54) is 11.8 Å². The molecule has 0 aliphatic carbocycles. The van der Waals surface area contributed by atoms with Crippen LogP contribution < -0.4 is 10.1 Å². The molecule has 2 aromatic heterocycles. The third-order valence-electron chi connectivity index (χ3n) is 4.22. The van der Waals surface area contributed by atoms with Crippen LogP contribution in [0.15, 0.2) is 53.9 Å². The summed E-state index contributed by atoms with van der Waals surface area (Å²) in [5, 5.41) is 12.3. The number of pyridine rings is 1. The van der Waals surface area contributed by atoms with E-state index in [1.807, 2.05) is 54.8 Å². The molecule has 0 bridgehead atoms. The highest BCUT2D eigenvalue weighted by atomic mass is 32.2. The lowest BCUT2D eigenvalue weighted by Gasteiger charge is -2.13. The average Bonchev–Trinajstić information content (AvgIpc) is 3.16. The topological polar surface area (TPSA) is 81.9 Å². The fourth-order valence-electron chi connectivity index (χ4n) is 2.58. The molecule has 8 heteroatoms. The summed E-state index contributed by atoms with van der Waals surface area (Å²) in [4.78, 5) is 16.4. The molecule has 1 N–H and O–H groups in total. The second-order valence-corrected chi connectivity index (χ2v) is 7.19. The van der Waals surface area contributed by atoms with Crippen molar-refractivity contribution in [2.75, 3.05) is 12.9 Å². The lowest BCUT2D eigenvalue weighted by molar-refractivity contribution is -0.119. The number of benzene rings is 1. The Morgan fingerprint density at radius 2 is 2.14 bits per heavy atom. The molecule has 2 heterocycles. The first kappa shape index (κ1) is 19.9. The minimum absolute atomic E-state index is 0.0255. The van der Waals surface area contributed by atoms with Crippen molar-refractivity contribution >= 4 is 17.7 Å². The van der Waals surface area contributed by atoms with Gasteiger partial charge in [-0.25, -0.2) is 0 Å². The maximum Gasteiger partial charge on any atom is 0.230 e. The smallest absolute Gasteiger partial charge is 0.230 e. The van der Waals surface area contributed by atoms with Gasteiger partial charge in [-0.05, 0) is 37.6 Å². The number of aromatic nitrogens is 4. The summed E-state index contributed by atoms with van der Waals surface area (Å²) in [6, 6.07) is 11.6. The number of rotatable bonds is 8. The second-order valence-electron chi connectivity index (χ2n) is 6.25. The first-order valence-electron chi connectivity index (χ1n) is 9.04. The van der Waals surface area contributed by atoms with Crippen molar-refractivity contribution in [2.24, 2.45) is 0 Å². The SMILES string of the molecule is CCC(C)NC(=O)CSc1nnc(-c2cccnc2)n1-c1cccc(OC)c1. The lowest BCUT2D eigenvalue weighted by Crippen LogP contribution is -2.33. The highest BCUT2D eigenvalue weighted by Crippen LogP contribution is 2.29. The van der Waals surface area contributed by atoms with Gasteiger partial charge in [-0.3, -0.25) is 14.3 Å². The summed E-state index contributed by atoms with van der Waals surface area (Å²) in [6.07, 6.45) is 4.34. The van der Waals surface area contributed by atoms with Gasteiger partial charge in [0.25, 0.3) is 0 Å². The number of nitrogens with one attached hydrogen (secondary N) is 1. The molecule has 0 aliphatic heterocycles. The van der Waals surface area contributed by atoms with E-state index in [-0.39, 0.29) is 17.7 Å². The van der Waals surface area contributed by atoms with Crippen LogP contribution in [0.25, 0.3) is 17.1 Å². The van der Waals surface area contributed by atoms with Crippen LogP contribution in [0.5, 0.6) is 5.75 Å². The van der Waals surface area contributed by atoms with Gasteiger partial charge in [0.1, 0.15) is 5.75 Å². The molecule has 1 amide bonds. The Bertz CT molecular complexity index is 929. The Morgan fingerprint density at radius 3 is 2.86 bits per heavy atom. The lowest BCUT2D eigenvalue weighted by atomic mass is 10.2. The highest BCUT2D eigenvalue weighted by molar-refractivity contribution is 7.99. The molecule has 28 heavy (non-hydrogen) atoms. The van der Waals surface area contributed by atoms with E-state index in [1.54, 1.807) is 19.5 Å². The summed E-state index contributed by atoms with van der Waals surface area (Å²) >= 11 is 1.35. The maximum absolute atomic E-state index is 12.2. The fraction of sp³-hybridized carbons (Fsp3) is 0.300. The van der Waals surface area contributed by atoms with Crippen LogP contribution in [0.1, 0.15) is 20.3 Å². The Morgan fingerprint density at radius 1 is 1.29 bits per heavy atom. The number of amides is 1. The number of carbonyl (C=O) groups is 1. The molecular formula is C20H23N5O2S. The summed E-state index contributed by atoms with van der Waals surface area (Å²) in [5.74, 6) is 1.63. The normalized spacial score (nSPS) is 11.8.